The number of imidazole rings is 1. The van der Waals surface area contributed by atoms with Crippen molar-refractivity contribution < 1.29 is 9.59 Å². The van der Waals surface area contributed by atoms with E-state index >= 15 is 0 Å². The van der Waals surface area contributed by atoms with E-state index < -0.39 is 11.6 Å². The van der Waals surface area contributed by atoms with Gasteiger partial charge in [0.05, 0.1) is 6.20 Å². The maximum atomic E-state index is 12.3. The Labute approximate surface area is 123 Å². The number of hydrogen-bond donors (Lipinski definition) is 0. The molecular weight excluding hydrogens is 320 g/mol. The molecule has 1 aromatic carbocycles. The Morgan fingerprint density at radius 1 is 1.00 bits per heavy atom. The van der Waals surface area contributed by atoms with Gasteiger partial charge in [-0.2, -0.15) is 0 Å². The molecule has 0 aliphatic carbocycles. The first kappa shape index (κ1) is 12.7. The van der Waals surface area contributed by atoms with E-state index in [1.165, 1.54) is 6.20 Å². The van der Waals surface area contributed by atoms with E-state index in [1.54, 1.807) is 47.0 Å². The van der Waals surface area contributed by atoms with Crippen molar-refractivity contribution in [1.29, 1.82) is 0 Å². The van der Waals surface area contributed by atoms with E-state index in [9.17, 15) is 9.59 Å². The Hall–Kier alpha value is -2.27. The van der Waals surface area contributed by atoms with Gasteiger partial charge in [-0.25, -0.2) is 4.98 Å². The minimum absolute atomic E-state index is 0.272. The number of nitrogens with zero attached hydrogens (tertiary/aromatic N) is 2. The van der Waals surface area contributed by atoms with E-state index in [0.29, 0.717) is 11.2 Å². The Morgan fingerprint density at radius 3 is 2.50 bits per heavy atom. The lowest BCUT2D eigenvalue weighted by Gasteiger charge is -2.01. The molecule has 20 heavy (non-hydrogen) atoms. The normalized spacial score (nSPS) is 10.7. The second kappa shape index (κ2) is 5.02. The lowest BCUT2D eigenvalue weighted by atomic mass is 10.1. The quantitative estimate of drug-likeness (QED) is 0.548. The number of fused-ring (bicyclic) bond motifs is 1. The Morgan fingerprint density at radius 2 is 1.75 bits per heavy atom. The highest BCUT2D eigenvalue weighted by molar-refractivity contribution is 9.10. The van der Waals surface area contributed by atoms with Gasteiger partial charge >= 0.3 is 0 Å². The lowest BCUT2D eigenvalue weighted by molar-refractivity contribution is 0.0813. The van der Waals surface area contributed by atoms with Crippen LogP contribution in [0.25, 0.3) is 5.65 Å². The third-order valence-electron chi connectivity index (χ3n) is 2.96. The molecule has 2 heterocycles. The van der Waals surface area contributed by atoms with Gasteiger partial charge in [-0.05, 0) is 36.4 Å². The first-order chi connectivity index (χ1) is 9.66. The minimum atomic E-state index is -0.564. The summed E-state index contributed by atoms with van der Waals surface area (Å²) in [5.74, 6) is -1.10. The van der Waals surface area contributed by atoms with Crippen LogP contribution in [-0.2, 0) is 0 Å². The van der Waals surface area contributed by atoms with E-state index in [2.05, 4.69) is 20.9 Å². The summed E-state index contributed by atoms with van der Waals surface area (Å²) in [5, 5.41) is 0. The summed E-state index contributed by atoms with van der Waals surface area (Å²) in [5.41, 5.74) is 1.28. The molecule has 3 rings (SSSR count). The summed E-state index contributed by atoms with van der Waals surface area (Å²) in [6, 6.07) is 12.1. The third-order valence-corrected chi connectivity index (χ3v) is 3.49. The Balaban J connectivity index is 2.00. The highest BCUT2D eigenvalue weighted by Gasteiger charge is 2.21. The molecule has 0 saturated heterocycles. The molecule has 0 unspecified atom stereocenters. The molecule has 0 bridgehead atoms. The summed E-state index contributed by atoms with van der Waals surface area (Å²) in [6.07, 6.45) is 3.14. The van der Waals surface area contributed by atoms with Gasteiger partial charge in [-0.3, -0.25) is 14.0 Å². The monoisotopic (exact) mass is 328 g/mol. The van der Waals surface area contributed by atoms with Crippen LogP contribution in [0.1, 0.15) is 20.8 Å². The molecule has 0 saturated carbocycles. The smallest absolute Gasteiger partial charge is 0.251 e. The zero-order valence-electron chi connectivity index (χ0n) is 10.3. The highest BCUT2D eigenvalue weighted by atomic mass is 79.9. The van der Waals surface area contributed by atoms with Crippen molar-refractivity contribution in [2.45, 2.75) is 0 Å². The molecule has 0 spiro atoms. The molecule has 5 heteroatoms. The molecular formula is C15H9BrN2O2. The maximum Gasteiger partial charge on any atom is 0.251 e. The number of rotatable bonds is 3. The molecule has 0 aliphatic rings. The zero-order chi connectivity index (χ0) is 14.1. The molecule has 0 N–H and O–H groups in total. The largest absolute Gasteiger partial charge is 0.297 e. The van der Waals surface area contributed by atoms with Gasteiger partial charge in [0, 0.05) is 16.2 Å². The number of carbonyl (C=O) groups excluding carboxylic acids is 2. The van der Waals surface area contributed by atoms with Gasteiger partial charge in [-0.15, -0.1) is 0 Å². The second-order valence-electron chi connectivity index (χ2n) is 4.24. The van der Waals surface area contributed by atoms with E-state index in [0.717, 1.165) is 4.47 Å². The first-order valence-electron chi connectivity index (χ1n) is 5.93. The molecule has 0 amide bonds. The van der Waals surface area contributed by atoms with Crippen molar-refractivity contribution in [2.24, 2.45) is 0 Å². The number of ketones is 2. The van der Waals surface area contributed by atoms with Crippen LogP contribution in [0, 0.1) is 0 Å². The van der Waals surface area contributed by atoms with Crippen LogP contribution in [0.5, 0.6) is 0 Å². The van der Waals surface area contributed by atoms with Gasteiger partial charge in [-0.1, -0.05) is 22.0 Å². The van der Waals surface area contributed by atoms with Crippen LogP contribution < -0.4 is 0 Å². The Bertz CT molecular complexity index is 806. The Kier molecular flexibility index (Phi) is 3.20. The summed E-state index contributed by atoms with van der Waals surface area (Å²) in [6.45, 7) is 0. The number of hydrogen-bond acceptors (Lipinski definition) is 3. The molecule has 0 radical (unpaired) electrons. The van der Waals surface area contributed by atoms with Crippen LogP contribution in [-0.4, -0.2) is 21.0 Å². The first-order valence-corrected chi connectivity index (χ1v) is 6.73. The number of halogens is 1. The maximum absolute atomic E-state index is 12.3. The van der Waals surface area contributed by atoms with Crippen LogP contribution in [0.15, 0.2) is 59.3 Å². The van der Waals surface area contributed by atoms with Crippen LogP contribution in [0.4, 0.5) is 0 Å². The topological polar surface area (TPSA) is 51.4 Å². The van der Waals surface area contributed by atoms with Crippen molar-refractivity contribution in [1.82, 2.24) is 9.38 Å². The molecule has 0 aliphatic heterocycles. The molecule has 98 valence electrons. The minimum Gasteiger partial charge on any atom is -0.297 e. The number of carbonyl (C=O) groups is 2. The van der Waals surface area contributed by atoms with Gasteiger partial charge < -0.3 is 0 Å². The van der Waals surface area contributed by atoms with E-state index in [1.807, 2.05) is 6.07 Å². The van der Waals surface area contributed by atoms with Crippen molar-refractivity contribution >= 4 is 33.1 Å². The van der Waals surface area contributed by atoms with Gasteiger partial charge in [0.2, 0.25) is 5.78 Å². The molecule has 0 atom stereocenters. The van der Waals surface area contributed by atoms with Gasteiger partial charge in [0.15, 0.2) is 0 Å². The number of benzene rings is 1. The van der Waals surface area contributed by atoms with Gasteiger partial charge in [0.25, 0.3) is 5.78 Å². The number of pyridine rings is 1. The summed E-state index contributed by atoms with van der Waals surface area (Å²) >= 11 is 3.29. The molecule has 3 aromatic rings. The summed E-state index contributed by atoms with van der Waals surface area (Å²) in [7, 11) is 0. The van der Waals surface area contributed by atoms with Gasteiger partial charge in [0.1, 0.15) is 11.3 Å². The number of aromatic nitrogens is 2. The number of Topliss-reactive ketones (excluding diaryl/α,β-unsaturated/α-hetero) is 2. The van der Waals surface area contributed by atoms with E-state index in [4.69, 9.17) is 0 Å². The average Bonchev–Trinajstić information content (AvgIpc) is 2.90. The third kappa shape index (κ3) is 2.16. The fourth-order valence-electron chi connectivity index (χ4n) is 1.95. The van der Waals surface area contributed by atoms with Crippen molar-refractivity contribution in [3.8, 4) is 0 Å². The zero-order valence-corrected chi connectivity index (χ0v) is 11.9. The second-order valence-corrected chi connectivity index (χ2v) is 5.15. The lowest BCUT2D eigenvalue weighted by Crippen LogP contribution is -2.16. The summed E-state index contributed by atoms with van der Waals surface area (Å²) in [4.78, 5) is 28.6. The standard InChI is InChI=1S/C15H9BrN2O2/c16-11-6-4-10(5-7-11)14(19)15(20)12-9-17-13-3-1-2-8-18(12)13/h1-9H. The predicted molar refractivity (Wildman–Crippen MR) is 78.0 cm³/mol. The molecule has 2 aromatic heterocycles. The van der Waals surface area contributed by atoms with Crippen molar-refractivity contribution in [3.05, 3.63) is 70.6 Å². The highest BCUT2D eigenvalue weighted by Crippen LogP contribution is 2.14. The fourth-order valence-corrected chi connectivity index (χ4v) is 2.21. The summed E-state index contributed by atoms with van der Waals surface area (Å²) < 4.78 is 2.47. The SMILES string of the molecule is O=C(C(=O)c1cnc2ccccn12)c1ccc(Br)cc1. The van der Waals surface area contributed by atoms with Crippen molar-refractivity contribution in [2.75, 3.05) is 0 Å². The molecule has 4 nitrogen and oxygen atoms in total. The average molecular weight is 329 g/mol. The van der Waals surface area contributed by atoms with Crippen molar-refractivity contribution in [3.63, 3.8) is 0 Å². The van der Waals surface area contributed by atoms with Crippen LogP contribution >= 0.6 is 15.9 Å². The van der Waals surface area contributed by atoms with Crippen LogP contribution in [0.2, 0.25) is 0 Å². The van der Waals surface area contributed by atoms with E-state index in [-0.39, 0.29) is 5.69 Å². The predicted octanol–water partition coefficient (Wildman–Crippen LogP) is 3.16. The van der Waals surface area contributed by atoms with Crippen LogP contribution in [0.3, 0.4) is 0 Å². The molecule has 0 fully saturated rings. The fraction of sp³-hybridized carbons (Fsp3) is 0.